The van der Waals surface area contributed by atoms with Gasteiger partial charge in [-0.25, -0.2) is 4.39 Å². The zero-order valence-electron chi connectivity index (χ0n) is 15.8. The van der Waals surface area contributed by atoms with Crippen LogP contribution in [0, 0.1) is 12.7 Å². The van der Waals surface area contributed by atoms with Crippen molar-refractivity contribution < 1.29 is 23.6 Å². The topological polar surface area (TPSA) is 102 Å². The van der Waals surface area contributed by atoms with E-state index in [2.05, 4.69) is 15.6 Å². The van der Waals surface area contributed by atoms with E-state index >= 15 is 0 Å². The highest BCUT2D eigenvalue weighted by atomic mass is 19.1. The van der Waals surface area contributed by atoms with Crippen molar-refractivity contribution >= 4 is 5.91 Å². The molecule has 2 heterocycles. The summed E-state index contributed by atoms with van der Waals surface area (Å²) in [5.74, 6) is 0.135. The van der Waals surface area contributed by atoms with Crippen LogP contribution in [0.4, 0.5) is 4.39 Å². The van der Waals surface area contributed by atoms with Crippen molar-refractivity contribution in [2.24, 2.45) is 7.05 Å². The van der Waals surface area contributed by atoms with E-state index in [4.69, 9.17) is 14.4 Å². The number of aryl methyl sites for hydroxylation is 2. The van der Waals surface area contributed by atoms with Gasteiger partial charge < -0.3 is 19.7 Å². The smallest absolute Gasteiger partial charge is 0.269 e. The number of carbonyl (C=O) groups excluding carboxylic acids is 1. The Morgan fingerprint density at radius 3 is 2.79 bits per heavy atom. The van der Waals surface area contributed by atoms with Gasteiger partial charge in [0.25, 0.3) is 5.91 Å². The number of aliphatic hydroxyl groups is 1. The van der Waals surface area contributed by atoms with E-state index < -0.39 is 0 Å². The molecule has 0 spiro atoms. The van der Waals surface area contributed by atoms with Crippen LogP contribution in [0.5, 0.6) is 5.88 Å². The highest BCUT2D eigenvalue weighted by molar-refractivity contribution is 5.93. The Morgan fingerprint density at radius 1 is 1.39 bits per heavy atom. The Kier molecular flexibility index (Phi) is 5.74. The first-order valence-electron chi connectivity index (χ1n) is 8.68. The maximum Gasteiger partial charge on any atom is 0.269 e. The molecule has 2 N–H and O–H groups in total. The molecule has 0 radical (unpaired) electrons. The number of amides is 1. The molecule has 0 saturated carbocycles. The fraction of sp³-hybridized carbons (Fsp3) is 0.316. The van der Waals surface area contributed by atoms with E-state index in [-0.39, 0.29) is 36.9 Å². The van der Waals surface area contributed by atoms with Crippen molar-refractivity contribution in [2.75, 3.05) is 6.61 Å². The lowest BCUT2D eigenvalue weighted by Crippen LogP contribution is -2.36. The molecule has 0 saturated heterocycles. The minimum atomic E-state index is -0.371. The summed E-state index contributed by atoms with van der Waals surface area (Å²) in [6, 6.07) is 7.07. The van der Waals surface area contributed by atoms with Crippen LogP contribution in [-0.2, 0) is 13.7 Å². The Bertz CT molecular complexity index is 965. The molecule has 3 aromatic rings. The van der Waals surface area contributed by atoms with E-state index in [0.717, 1.165) is 0 Å². The number of aromatic nitrogens is 3. The third kappa shape index (κ3) is 4.20. The Balaban J connectivity index is 1.75. The molecule has 2 aromatic heterocycles. The molecule has 1 amide bonds. The third-order valence-electron chi connectivity index (χ3n) is 4.21. The zero-order chi connectivity index (χ0) is 20.3. The third-order valence-corrected chi connectivity index (χ3v) is 4.21. The zero-order valence-corrected chi connectivity index (χ0v) is 15.8. The van der Waals surface area contributed by atoms with Gasteiger partial charge in [0.2, 0.25) is 5.88 Å². The number of aliphatic hydroxyl groups excluding tert-OH is 1. The van der Waals surface area contributed by atoms with Crippen molar-refractivity contribution in [1.82, 2.24) is 20.3 Å². The maximum absolute atomic E-state index is 13.2. The van der Waals surface area contributed by atoms with Gasteiger partial charge in [-0.05, 0) is 38.1 Å². The molecule has 8 nitrogen and oxygen atoms in total. The van der Waals surface area contributed by atoms with Gasteiger partial charge in [-0.15, -0.1) is 5.10 Å². The molecule has 3 rings (SSSR count). The van der Waals surface area contributed by atoms with Gasteiger partial charge in [0.15, 0.2) is 0 Å². The van der Waals surface area contributed by atoms with Gasteiger partial charge in [0.05, 0.1) is 12.2 Å². The molecule has 0 aliphatic heterocycles. The van der Waals surface area contributed by atoms with Crippen molar-refractivity contribution in [3.8, 4) is 17.1 Å². The molecule has 9 heteroatoms. The lowest BCUT2D eigenvalue weighted by molar-refractivity contribution is 0.0912. The molecule has 0 unspecified atom stereocenters. The average Bonchev–Trinajstić information content (AvgIpc) is 3.23. The lowest BCUT2D eigenvalue weighted by atomic mass is 10.1. The molecule has 0 fully saturated rings. The summed E-state index contributed by atoms with van der Waals surface area (Å²) >= 11 is 0. The molecule has 0 bridgehead atoms. The quantitative estimate of drug-likeness (QED) is 0.643. The van der Waals surface area contributed by atoms with Crippen LogP contribution in [0.2, 0.25) is 0 Å². The number of rotatable bonds is 7. The highest BCUT2D eigenvalue weighted by Gasteiger charge is 2.19. The van der Waals surface area contributed by atoms with Crippen LogP contribution in [0.15, 0.2) is 34.9 Å². The second-order valence-electron chi connectivity index (χ2n) is 6.41. The fourth-order valence-corrected chi connectivity index (χ4v) is 2.61. The van der Waals surface area contributed by atoms with E-state index in [1.54, 1.807) is 33.0 Å². The number of nitrogens with one attached hydrogen (secondary N) is 1. The van der Waals surface area contributed by atoms with Crippen LogP contribution in [-0.4, -0.2) is 38.6 Å². The van der Waals surface area contributed by atoms with Gasteiger partial charge in [-0.2, -0.15) is 0 Å². The summed E-state index contributed by atoms with van der Waals surface area (Å²) in [5.41, 5.74) is 2.27. The molecule has 1 atom stereocenters. The average molecular weight is 388 g/mol. The van der Waals surface area contributed by atoms with Crippen LogP contribution in [0.1, 0.15) is 28.7 Å². The Labute approximate surface area is 160 Å². The van der Waals surface area contributed by atoms with Gasteiger partial charge in [0.1, 0.15) is 29.6 Å². The maximum atomic E-state index is 13.2. The summed E-state index contributed by atoms with van der Waals surface area (Å²) in [7, 11) is 1.62. The van der Waals surface area contributed by atoms with Crippen LogP contribution < -0.4 is 10.1 Å². The van der Waals surface area contributed by atoms with Crippen molar-refractivity contribution in [3.63, 3.8) is 0 Å². The number of ether oxygens (including phenoxy) is 1. The van der Waals surface area contributed by atoms with Gasteiger partial charge in [-0.1, -0.05) is 5.16 Å². The van der Waals surface area contributed by atoms with Crippen molar-refractivity contribution in [2.45, 2.75) is 26.5 Å². The number of halogens is 1. The molecule has 148 valence electrons. The molecule has 0 aliphatic carbocycles. The van der Waals surface area contributed by atoms with Gasteiger partial charge in [-0.3, -0.25) is 9.48 Å². The van der Waals surface area contributed by atoms with E-state index in [9.17, 15) is 9.18 Å². The molecular weight excluding hydrogens is 367 g/mol. The predicted molar refractivity (Wildman–Crippen MR) is 98.2 cm³/mol. The standard InChI is InChI=1S/C19H21FN4O4/c1-11(9-25)21-19(26)16-8-17(22-24(16)3)27-10-15-12(2)28-23-18(15)13-4-6-14(20)7-5-13/h4-8,11,25H,9-10H2,1-3H3,(H,21,26)/t11-/m0/s1. The summed E-state index contributed by atoms with van der Waals surface area (Å²) in [5, 5.41) is 19.9. The molecule has 28 heavy (non-hydrogen) atoms. The molecule has 1 aromatic carbocycles. The SMILES string of the molecule is Cc1onc(-c2ccc(F)cc2)c1COc1cc(C(=O)N[C@@H](C)CO)n(C)n1. The predicted octanol–water partition coefficient (Wildman–Crippen LogP) is 2.21. The monoisotopic (exact) mass is 388 g/mol. The first-order valence-corrected chi connectivity index (χ1v) is 8.68. The Hall–Kier alpha value is -3.20. The van der Waals surface area contributed by atoms with Crippen molar-refractivity contribution in [3.05, 3.63) is 53.2 Å². The van der Waals surface area contributed by atoms with Crippen LogP contribution in [0.25, 0.3) is 11.3 Å². The largest absolute Gasteiger partial charge is 0.471 e. The fourth-order valence-electron chi connectivity index (χ4n) is 2.61. The van der Waals surface area contributed by atoms with Gasteiger partial charge >= 0.3 is 0 Å². The number of nitrogens with zero attached hydrogens (tertiary/aromatic N) is 3. The number of carbonyl (C=O) groups is 1. The summed E-state index contributed by atoms with van der Waals surface area (Å²) < 4.78 is 25.5. The highest BCUT2D eigenvalue weighted by Crippen LogP contribution is 2.26. The normalized spacial score (nSPS) is 12.0. The summed E-state index contributed by atoms with van der Waals surface area (Å²) in [6.07, 6.45) is 0. The minimum Gasteiger partial charge on any atom is -0.471 e. The lowest BCUT2D eigenvalue weighted by Gasteiger charge is -2.09. The number of benzene rings is 1. The molecular formula is C19H21FN4O4. The first kappa shape index (κ1) is 19.6. The van der Waals surface area contributed by atoms with Crippen LogP contribution in [0.3, 0.4) is 0 Å². The second-order valence-corrected chi connectivity index (χ2v) is 6.41. The number of hydrogen-bond acceptors (Lipinski definition) is 6. The summed E-state index contributed by atoms with van der Waals surface area (Å²) in [6.45, 7) is 3.41. The molecule has 0 aliphatic rings. The van der Waals surface area contributed by atoms with E-state index in [1.165, 1.54) is 22.9 Å². The van der Waals surface area contributed by atoms with Crippen molar-refractivity contribution in [1.29, 1.82) is 0 Å². The first-order chi connectivity index (χ1) is 13.4. The second kappa shape index (κ2) is 8.22. The number of hydrogen-bond donors (Lipinski definition) is 2. The minimum absolute atomic E-state index is 0.118. The van der Waals surface area contributed by atoms with Crippen LogP contribution >= 0.6 is 0 Å². The van der Waals surface area contributed by atoms with Gasteiger partial charge in [0, 0.05) is 24.7 Å². The van der Waals surface area contributed by atoms with E-state index in [1.807, 2.05) is 0 Å². The van der Waals surface area contributed by atoms with E-state index in [0.29, 0.717) is 28.3 Å². The Morgan fingerprint density at radius 2 is 2.11 bits per heavy atom. The summed E-state index contributed by atoms with van der Waals surface area (Å²) in [4.78, 5) is 12.2.